The number of carbonyl (C=O) groups is 1. The Bertz CT molecular complexity index is 1160. The van der Waals surface area contributed by atoms with E-state index in [1.807, 2.05) is 0 Å². The van der Waals surface area contributed by atoms with Gasteiger partial charge in [0.15, 0.2) is 11.2 Å². The molecule has 0 bridgehead atoms. The fourth-order valence-electron chi connectivity index (χ4n) is 3.52. The van der Waals surface area contributed by atoms with E-state index in [2.05, 4.69) is 15.0 Å². The Kier molecular flexibility index (Phi) is 4.87. The number of carbonyl (C=O) groups excluding carboxylic acids is 1. The quantitative estimate of drug-likeness (QED) is 0.569. The topological polar surface area (TPSA) is 117 Å². The minimum Gasteiger partial charge on any atom is -0.458 e. The first-order chi connectivity index (χ1) is 14.0. The van der Waals surface area contributed by atoms with Gasteiger partial charge in [0, 0.05) is 33.0 Å². The Morgan fingerprint density at radius 2 is 1.93 bits per heavy atom. The van der Waals surface area contributed by atoms with E-state index >= 15 is 0 Å². The van der Waals surface area contributed by atoms with E-state index in [4.69, 9.17) is 4.74 Å². The Hall–Kier alpha value is -3.50. The van der Waals surface area contributed by atoms with E-state index in [9.17, 15) is 14.4 Å². The molecule has 11 nitrogen and oxygen atoms in total. The van der Waals surface area contributed by atoms with E-state index in [1.54, 1.807) is 30.4 Å². The molecular weight excluding hydrogens is 378 g/mol. The first-order valence-electron chi connectivity index (χ1n) is 9.28. The number of fused-ring (bicyclic) bond motifs is 1. The molecule has 0 aromatic carbocycles. The number of rotatable bonds is 4. The van der Waals surface area contributed by atoms with E-state index in [-0.39, 0.29) is 35.7 Å². The first kappa shape index (κ1) is 18.8. The Balaban J connectivity index is 1.52. The number of nitrogens with zero attached hydrogens (tertiary/aromatic N) is 7. The minimum atomic E-state index is -0.477. The number of hydrogen-bond donors (Lipinski definition) is 0. The zero-order chi connectivity index (χ0) is 20.5. The van der Waals surface area contributed by atoms with E-state index in [0.717, 1.165) is 17.4 Å². The molecule has 1 aliphatic heterocycles. The molecule has 4 heterocycles. The molecule has 11 heteroatoms. The number of amides is 1. The molecule has 29 heavy (non-hydrogen) atoms. The molecule has 3 aromatic rings. The predicted octanol–water partition coefficient (Wildman–Crippen LogP) is -0.706. The van der Waals surface area contributed by atoms with Gasteiger partial charge in [-0.15, -0.1) is 0 Å². The number of aromatic nitrogens is 6. The third-order valence-corrected chi connectivity index (χ3v) is 5.07. The summed E-state index contributed by atoms with van der Waals surface area (Å²) in [6.45, 7) is 0.982. The lowest BCUT2D eigenvalue weighted by Crippen LogP contribution is -2.46. The highest BCUT2D eigenvalue weighted by molar-refractivity contribution is 5.79. The number of likely N-dealkylation sites (tertiary alicyclic amines) is 1. The third kappa shape index (κ3) is 3.50. The fourth-order valence-corrected chi connectivity index (χ4v) is 3.52. The second-order valence-corrected chi connectivity index (χ2v) is 7.00. The molecule has 1 saturated heterocycles. The van der Waals surface area contributed by atoms with Crippen molar-refractivity contribution < 1.29 is 9.53 Å². The first-order valence-corrected chi connectivity index (χ1v) is 9.28. The second-order valence-electron chi connectivity index (χ2n) is 7.00. The number of aryl methyl sites for hydroxylation is 1. The van der Waals surface area contributed by atoms with Crippen LogP contribution in [0.25, 0.3) is 11.2 Å². The molecule has 0 saturated carbocycles. The summed E-state index contributed by atoms with van der Waals surface area (Å²) in [5.41, 5.74) is -0.454. The van der Waals surface area contributed by atoms with Crippen molar-refractivity contribution >= 4 is 17.1 Å². The van der Waals surface area contributed by atoms with Gasteiger partial charge in [-0.2, -0.15) is 0 Å². The molecule has 1 fully saturated rings. The summed E-state index contributed by atoms with van der Waals surface area (Å²) in [5.74, 6) is -0.150. The number of piperidine rings is 1. The maximum atomic E-state index is 12.9. The number of imidazole rings is 1. The summed E-state index contributed by atoms with van der Waals surface area (Å²) in [5, 5.41) is 0. The van der Waals surface area contributed by atoms with Crippen molar-refractivity contribution in [1.29, 1.82) is 0 Å². The molecule has 3 aromatic heterocycles. The zero-order valence-corrected chi connectivity index (χ0v) is 16.2. The monoisotopic (exact) mass is 399 g/mol. The minimum absolute atomic E-state index is 0.0432. The Morgan fingerprint density at radius 1 is 1.17 bits per heavy atom. The number of hydrogen-bond acceptors (Lipinski definition) is 7. The van der Waals surface area contributed by atoms with Gasteiger partial charge in [-0.3, -0.25) is 18.7 Å². The maximum Gasteiger partial charge on any atom is 0.332 e. The third-order valence-electron chi connectivity index (χ3n) is 5.07. The van der Waals surface area contributed by atoms with Crippen LogP contribution < -0.4 is 16.0 Å². The van der Waals surface area contributed by atoms with E-state index in [0.29, 0.717) is 13.1 Å². The van der Waals surface area contributed by atoms with Gasteiger partial charge in [0.05, 0.1) is 12.9 Å². The average molecular weight is 399 g/mol. The highest BCUT2D eigenvalue weighted by atomic mass is 16.5. The lowest BCUT2D eigenvalue weighted by Gasteiger charge is -2.32. The zero-order valence-electron chi connectivity index (χ0n) is 16.2. The van der Waals surface area contributed by atoms with Crippen molar-refractivity contribution in [3.05, 3.63) is 45.6 Å². The van der Waals surface area contributed by atoms with Gasteiger partial charge in [-0.05, 0) is 18.9 Å². The van der Waals surface area contributed by atoms with Crippen LogP contribution in [-0.2, 0) is 25.4 Å². The average Bonchev–Trinajstić information content (AvgIpc) is 3.15. The lowest BCUT2D eigenvalue weighted by molar-refractivity contribution is -0.134. The van der Waals surface area contributed by atoms with Crippen molar-refractivity contribution in [3.63, 3.8) is 0 Å². The Labute approximate surface area is 165 Å². The highest BCUT2D eigenvalue weighted by Crippen LogP contribution is 2.16. The number of ether oxygens (including phenoxy) is 1. The van der Waals surface area contributed by atoms with Gasteiger partial charge >= 0.3 is 11.7 Å². The molecule has 1 amide bonds. The summed E-state index contributed by atoms with van der Waals surface area (Å²) >= 11 is 0. The molecular formula is C18H21N7O4. The molecule has 152 valence electrons. The smallest absolute Gasteiger partial charge is 0.332 e. The summed E-state index contributed by atoms with van der Waals surface area (Å²) in [7, 11) is 2.95. The fraction of sp³-hybridized carbons (Fsp3) is 0.444. The van der Waals surface area contributed by atoms with Crippen molar-refractivity contribution in [2.45, 2.75) is 25.5 Å². The van der Waals surface area contributed by atoms with Crippen molar-refractivity contribution in [3.8, 4) is 6.01 Å². The van der Waals surface area contributed by atoms with Gasteiger partial charge in [0.1, 0.15) is 12.6 Å². The summed E-state index contributed by atoms with van der Waals surface area (Å²) in [6.07, 6.45) is 6.03. The summed E-state index contributed by atoms with van der Waals surface area (Å²) in [6, 6.07) is 2.00. The van der Waals surface area contributed by atoms with Gasteiger partial charge < -0.3 is 14.2 Å². The van der Waals surface area contributed by atoms with Crippen LogP contribution in [0.1, 0.15) is 12.8 Å². The van der Waals surface area contributed by atoms with Crippen LogP contribution >= 0.6 is 0 Å². The maximum absolute atomic E-state index is 12.9. The second kappa shape index (κ2) is 7.49. The molecule has 1 aliphatic rings. The summed E-state index contributed by atoms with van der Waals surface area (Å²) < 4.78 is 9.57. The van der Waals surface area contributed by atoms with Crippen LogP contribution in [0.3, 0.4) is 0 Å². The van der Waals surface area contributed by atoms with Crippen molar-refractivity contribution in [2.24, 2.45) is 14.1 Å². The van der Waals surface area contributed by atoms with Crippen LogP contribution in [0.5, 0.6) is 6.01 Å². The van der Waals surface area contributed by atoms with Gasteiger partial charge in [0.25, 0.3) is 5.56 Å². The predicted molar refractivity (Wildman–Crippen MR) is 102 cm³/mol. The van der Waals surface area contributed by atoms with Gasteiger partial charge in [-0.25, -0.2) is 19.7 Å². The van der Waals surface area contributed by atoms with Crippen LogP contribution in [0.2, 0.25) is 0 Å². The van der Waals surface area contributed by atoms with Crippen LogP contribution in [-0.4, -0.2) is 58.7 Å². The van der Waals surface area contributed by atoms with E-state index in [1.165, 1.54) is 22.5 Å². The van der Waals surface area contributed by atoms with Gasteiger partial charge in [0.2, 0.25) is 5.91 Å². The standard InChI is InChI=1S/C18H21N7O4/c1-22-15-14(16(27)23(2)18(22)28)25(11-21-15)10-13(26)24-8-3-5-12(9-24)29-17-19-6-4-7-20-17/h4,6-7,11-12H,3,5,8-10H2,1-2H3. The molecule has 0 radical (unpaired) electrons. The molecule has 1 unspecified atom stereocenters. The van der Waals surface area contributed by atoms with Crippen molar-refractivity contribution in [2.75, 3.05) is 13.1 Å². The van der Waals surface area contributed by atoms with E-state index < -0.39 is 11.2 Å². The molecule has 0 spiro atoms. The Morgan fingerprint density at radius 3 is 2.69 bits per heavy atom. The van der Waals surface area contributed by atoms with Crippen molar-refractivity contribution in [1.82, 2.24) is 33.6 Å². The molecule has 1 atom stereocenters. The normalized spacial score (nSPS) is 16.9. The molecule has 0 aliphatic carbocycles. The molecule has 4 rings (SSSR count). The van der Waals surface area contributed by atoms with Gasteiger partial charge in [-0.1, -0.05) is 0 Å². The lowest BCUT2D eigenvalue weighted by atomic mass is 10.1. The molecule has 0 N–H and O–H groups in total. The van der Waals surface area contributed by atoms with Crippen LogP contribution in [0.4, 0.5) is 0 Å². The van der Waals surface area contributed by atoms with Crippen LogP contribution in [0.15, 0.2) is 34.4 Å². The summed E-state index contributed by atoms with van der Waals surface area (Å²) in [4.78, 5) is 51.4. The highest BCUT2D eigenvalue weighted by Gasteiger charge is 2.26. The van der Waals surface area contributed by atoms with Crippen LogP contribution in [0, 0.1) is 0 Å². The largest absolute Gasteiger partial charge is 0.458 e. The SMILES string of the molecule is Cn1c(=O)c2c(ncn2CC(=O)N2CCCC(Oc3ncccn3)C2)n(C)c1=O.